The fourth-order valence-corrected chi connectivity index (χ4v) is 5.87. The molecular weight excluding hydrogens is 557 g/mol. The number of anilines is 1. The minimum atomic E-state index is -4.18. The van der Waals surface area contributed by atoms with Crippen molar-refractivity contribution in [3.63, 3.8) is 0 Å². The number of nitrogens with one attached hydrogen (secondary N) is 1. The number of carbonyl (C=O) groups is 2. The summed E-state index contributed by atoms with van der Waals surface area (Å²) < 4.78 is 28.6. The predicted octanol–water partition coefficient (Wildman–Crippen LogP) is 5.56. The lowest BCUT2D eigenvalue weighted by Crippen LogP contribution is -2.53. The molecule has 1 N–H and O–H groups in total. The summed E-state index contributed by atoms with van der Waals surface area (Å²) in [6, 6.07) is 20.9. The van der Waals surface area contributed by atoms with E-state index in [0.717, 1.165) is 16.3 Å². The maximum atomic E-state index is 13.9. The van der Waals surface area contributed by atoms with Gasteiger partial charge in [0.25, 0.3) is 10.0 Å². The van der Waals surface area contributed by atoms with Gasteiger partial charge in [-0.05, 0) is 67.3 Å². The van der Waals surface area contributed by atoms with E-state index in [-0.39, 0.29) is 23.0 Å². The van der Waals surface area contributed by atoms with Gasteiger partial charge in [0.05, 0.1) is 10.6 Å². The number of carbonyl (C=O) groups excluding carboxylic acids is 2. The van der Waals surface area contributed by atoms with Crippen molar-refractivity contribution < 1.29 is 18.0 Å². The van der Waals surface area contributed by atoms with Crippen LogP contribution in [-0.2, 0) is 26.0 Å². The van der Waals surface area contributed by atoms with E-state index in [9.17, 15) is 18.0 Å². The van der Waals surface area contributed by atoms with Crippen molar-refractivity contribution in [3.05, 3.63) is 94.5 Å². The SMILES string of the molecule is CCCNC(=O)[C@H](CC)N(CCc1ccccc1)C(=O)CN(c1cccc(Cl)c1)S(=O)(=O)c1ccc(Cl)cc1. The lowest BCUT2D eigenvalue weighted by Gasteiger charge is -2.33. The molecule has 0 bridgehead atoms. The maximum absolute atomic E-state index is 13.9. The molecule has 0 unspecified atom stereocenters. The highest BCUT2D eigenvalue weighted by atomic mass is 35.5. The molecule has 0 saturated carbocycles. The Morgan fingerprint density at radius 2 is 1.59 bits per heavy atom. The second kappa shape index (κ2) is 14.4. The van der Waals surface area contributed by atoms with Crippen LogP contribution in [0.15, 0.2) is 83.8 Å². The molecule has 0 fully saturated rings. The van der Waals surface area contributed by atoms with E-state index in [1.54, 1.807) is 18.2 Å². The summed E-state index contributed by atoms with van der Waals surface area (Å²) in [5.41, 5.74) is 1.23. The smallest absolute Gasteiger partial charge is 0.264 e. The highest BCUT2D eigenvalue weighted by Gasteiger charge is 2.33. The van der Waals surface area contributed by atoms with Crippen molar-refractivity contribution in [2.24, 2.45) is 0 Å². The molecule has 0 radical (unpaired) electrons. The molecule has 10 heteroatoms. The normalized spacial score (nSPS) is 12.0. The predicted molar refractivity (Wildman–Crippen MR) is 157 cm³/mol. The van der Waals surface area contributed by atoms with Gasteiger partial charge in [-0.3, -0.25) is 13.9 Å². The monoisotopic (exact) mass is 589 g/mol. The molecule has 0 aliphatic carbocycles. The van der Waals surface area contributed by atoms with Crippen LogP contribution in [0.1, 0.15) is 32.3 Å². The molecule has 39 heavy (non-hydrogen) atoms. The summed E-state index contributed by atoms with van der Waals surface area (Å²) >= 11 is 12.2. The van der Waals surface area contributed by atoms with Gasteiger partial charge >= 0.3 is 0 Å². The van der Waals surface area contributed by atoms with Crippen LogP contribution in [0, 0.1) is 0 Å². The van der Waals surface area contributed by atoms with Crippen molar-refractivity contribution in [1.82, 2.24) is 10.2 Å². The van der Waals surface area contributed by atoms with Crippen LogP contribution < -0.4 is 9.62 Å². The van der Waals surface area contributed by atoms with E-state index in [1.165, 1.54) is 35.2 Å². The Labute approximate surface area is 240 Å². The number of benzene rings is 3. The molecule has 0 saturated heterocycles. The highest BCUT2D eigenvalue weighted by Crippen LogP contribution is 2.27. The second-order valence-corrected chi connectivity index (χ2v) is 11.7. The van der Waals surface area contributed by atoms with Gasteiger partial charge in [0.15, 0.2) is 0 Å². The Kier molecular flexibility index (Phi) is 11.2. The zero-order valence-corrected chi connectivity index (χ0v) is 24.3. The van der Waals surface area contributed by atoms with Crippen molar-refractivity contribution in [3.8, 4) is 0 Å². The second-order valence-electron chi connectivity index (χ2n) is 8.98. The molecule has 2 amide bonds. The quantitative estimate of drug-likeness (QED) is 0.282. The summed E-state index contributed by atoms with van der Waals surface area (Å²) in [5.74, 6) is -0.766. The summed E-state index contributed by atoms with van der Waals surface area (Å²) in [7, 11) is -4.18. The Balaban J connectivity index is 2.00. The Morgan fingerprint density at radius 1 is 0.897 bits per heavy atom. The average molecular weight is 591 g/mol. The third-order valence-corrected chi connectivity index (χ3v) is 8.47. The number of halogens is 2. The van der Waals surface area contributed by atoms with Crippen molar-refractivity contribution in [2.45, 2.75) is 44.0 Å². The number of sulfonamides is 1. The molecule has 0 spiro atoms. The highest BCUT2D eigenvalue weighted by molar-refractivity contribution is 7.92. The molecule has 1 atom stereocenters. The van der Waals surface area contributed by atoms with Crippen LogP contribution in [0.25, 0.3) is 0 Å². The average Bonchev–Trinajstić information content (AvgIpc) is 2.93. The summed E-state index contributed by atoms with van der Waals surface area (Å²) in [5, 5.41) is 3.58. The van der Waals surface area contributed by atoms with Gasteiger partial charge in [-0.1, -0.05) is 73.4 Å². The van der Waals surface area contributed by atoms with E-state index in [1.807, 2.05) is 44.2 Å². The van der Waals surface area contributed by atoms with Gasteiger partial charge in [0.1, 0.15) is 12.6 Å². The fourth-order valence-electron chi connectivity index (χ4n) is 4.16. The van der Waals surface area contributed by atoms with Crippen LogP contribution in [0.5, 0.6) is 0 Å². The van der Waals surface area contributed by atoms with E-state index in [4.69, 9.17) is 23.2 Å². The first-order valence-corrected chi connectivity index (χ1v) is 15.0. The van der Waals surface area contributed by atoms with E-state index < -0.39 is 28.5 Å². The van der Waals surface area contributed by atoms with Crippen molar-refractivity contribution in [2.75, 3.05) is 23.9 Å². The van der Waals surface area contributed by atoms with Gasteiger partial charge in [0, 0.05) is 23.1 Å². The third-order valence-electron chi connectivity index (χ3n) is 6.20. The van der Waals surface area contributed by atoms with Crippen molar-refractivity contribution >= 4 is 50.7 Å². The zero-order valence-electron chi connectivity index (χ0n) is 22.0. The summed E-state index contributed by atoms with van der Waals surface area (Å²) in [6.07, 6.45) is 1.63. The largest absolute Gasteiger partial charge is 0.354 e. The zero-order chi connectivity index (χ0) is 28.4. The van der Waals surface area contributed by atoms with Crippen LogP contribution in [0.4, 0.5) is 5.69 Å². The molecule has 3 rings (SSSR count). The Hall–Kier alpha value is -3.07. The molecular formula is C29H33Cl2N3O4S. The number of hydrogen-bond acceptors (Lipinski definition) is 4. The van der Waals surface area contributed by atoms with Gasteiger partial charge in [0.2, 0.25) is 11.8 Å². The number of rotatable bonds is 13. The molecule has 0 aromatic heterocycles. The standard InChI is InChI=1S/C29H33Cl2N3O4S/c1-3-18-32-29(36)27(4-2)33(19-17-22-9-6-5-7-10-22)28(35)21-34(25-12-8-11-24(31)20-25)39(37,38)26-15-13-23(30)14-16-26/h5-16,20,27H,3-4,17-19,21H2,1-2H3,(H,32,36)/t27-/m0/s1. The summed E-state index contributed by atoms with van der Waals surface area (Å²) in [4.78, 5) is 28.5. The van der Waals surface area contributed by atoms with Gasteiger partial charge in [-0.2, -0.15) is 0 Å². The van der Waals surface area contributed by atoms with Crippen LogP contribution in [0.2, 0.25) is 10.0 Å². The first-order chi connectivity index (χ1) is 18.7. The number of hydrogen-bond donors (Lipinski definition) is 1. The van der Waals surface area contributed by atoms with Crippen LogP contribution >= 0.6 is 23.2 Å². The minimum absolute atomic E-state index is 0.0248. The molecule has 0 aliphatic heterocycles. The first-order valence-electron chi connectivity index (χ1n) is 12.8. The van der Waals surface area contributed by atoms with E-state index in [2.05, 4.69) is 5.32 Å². The van der Waals surface area contributed by atoms with Crippen LogP contribution in [-0.4, -0.2) is 50.8 Å². The van der Waals surface area contributed by atoms with Gasteiger partial charge < -0.3 is 10.2 Å². The van der Waals surface area contributed by atoms with Crippen LogP contribution in [0.3, 0.4) is 0 Å². The summed E-state index contributed by atoms with van der Waals surface area (Å²) in [6.45, 7) is 3.99. The molecule has 7 nitrogen and oxygen atoms in total. The lowest BCUT2D eigenvalue weighted by molar-refractivity contribution is -0.139. The Bertz CT molecular complexity index is 1350. The lowest BCUT2D eigenvalue weighted by atomic mass is 10.1. The fraction of sp³-hybridized carbons (Fsp3) is 0.310. The molecule has 208 valence electrons. The topological polar surface area (TPSA) is 86.8 Å². The minimum Gasteiger partial charge on any atom is -0.354 e. The molecule has 0 heterocycles. The molecule has 3 aromatic rings. The van der Waals surface area contributed by atoms with Gasteiger partial charge in [-0.15, -0.1) is 0 Å². The third kappa shape index (κ3) is 8.21. The Morgan fingerprint density at radius 3 is 2.21 bits per heavy atom. The van der Waals surface area contributed by atoms with E-state index in [0.29, 0.717) is 29.4 Å². The van der Waals surface area contributed by atoms with E-state index >= 15 is 0 Å². The number of amides is 2. The van der Waals surface area contributed by atoms with Crippen molar-refractivity contribution in [1.29, 1.82) is 0 Å². The first kappa shape index (κ1) is 30.5. The van der Waals surface area contributed by atoms with Gasteiger partial charge in [-0.25, -0.2) is 8.42 Å². The number of nitrogens with zero attached hydrogens (tertiary/aromatic N) is 2. The maximum Gasteiger partial charge on any atom is 0.264 e. The molecule has 3 aromatic carbocycles. The molecule has 0 aliphatic rings.